The number of anilines is 1. The summed E-state index contributed by atoms with van der Waals surface area (Å²) in [5.74, 6) is 0.0243. The summed E-state index contributed by atoms with van der Waals surface area (Å²) in [6.45, 7) is 3.91. The molecule has 0 aliphatic carbocycles. The van der Waals surface area contributed by atoms with Crippen molar-refractivity contribution in [1.29, 1.82) is 0 Å². The van der Waals surface area contributed by atoms with Gasteiger partial charge in [0.05, 0.1) is 10.7 Å². The molecule has 2 N–H and O–H groups in total. The van der Waals surface area contributed by atoms with Gasteiger partial charge in [-0.3, -0.25) is 10.1 Å². The molecule has 0 bridgehead atoms. The predicted molar refractivity (Wildman–Crippen MR) is 89.1 cm³/mol. The van der Waals surface area contributed by atoms with Crippen LogP contribution in [0.1, 0.15) is 12.6 Å². The second-order valence-corrected chi connectivity index (χ2v) is 7.06. The summed E-state index contributed by atoms with van der Waals surface area (Å²) in [7, 11) is -3.23. The molecule has 0 saturated heterocycles. The summed E-state index contributed by atoms with van der Waals surface area (Å²) < 4.78 is 25.2. The van der Waals surface area contributed by atoms with Crippen molar-refractivity contribution >= 4 is 32.3 Å². The third kappa shape index (κ3) is 4.14. The monoisotopic (exact) mass is 338 g/mol. The highest BCUT2D eigenvalue weighted by Crippen LogP contribution is 2.29. The molecule has 8 nitrogen and oxygen atoms in total. The lowest BCUT2D eigenvalue weighted by Crippen LogP contribution is -2.30. The van der Waals surface area contributed by atoms with E-state index >= 15 is 0 Å². The molecule has 0 amide bonds. The number of nitro benzene ring substituents is 1. The minimum absolute atomic E-state index is 0.0243. The molecule has 0 spiro atoms. The van der Waals surface area contributed by atoms with E-state index in [-0.39, 0.29) is 18.0 Å². The highest BCUT2D eigenvalue weighted by molar-refractivity contribution is 7.89. The molecule has 0 radical (unpaired) electrons. The Labute approximate surface area is 134 Å². The third-order valence-corrected chi connectivity index (χ3v) is 4.69. The second-order valence-electron chi connectivity index (χ2n) is 4.97. The van der Waals surface area contributed by atoms with Crippen molar-refractivity contribution < 1.29 is 13.3 Å². The van der Waals surface area contributed by atoms with Gasteiger partial charge in [0, 0.05) is 35.9 Å². The first-order valence-electron chi connectivity index (χ1n) is 7.10. The van der Waals surface area contributed by atoms with Gasteiger partial charge in [0.25, 0.3) is 5.69 Å². The molecule has 2 rings (SSSR count). The number of rotatable bonds is 7. The molecule has 1 aromatic heterocycles. The van der Waals surface area contributed by atoms with Gasteiger partial charge in [0.15, 0.2) is 5.52 Å². The Morgan fingerprint density at radius 2 is 2.04 bits per heavy atom. The molecule has 23 heavy (non-hydrogen) atoms. The van der Waals surface area contributed by atoms with Crippen molar-refractivity contribution in [1.82, 2.24) is 9.71 Å². The maximum atomic E-state index is 11.4. The third-order valence-electron chi connectivity index (χ3n) is 3.29. The molecule has 0 atom stereocenters. The van der Waals surface area contributed by atoms with E-state index in [4.69, 9.17) is 0 Å². The smallest absolute Gasteiger partial charge is 0.295 e. The largest absolute Gasteiger partial charge is 0.383 e. The van der Waals surface area contributed by atoms with Gasteiger partial charge in [-0.25, -0.2) is 18.1 Å². The molecule has 124 valence electrons. The van der Waals surface area contributed by atoms with Crippen LogP contribution in [0.3, 0.4) is 0 Å². The lowest BCUT2D eigenvalue weighted by molar-refractivity contribution is -0.383. The fourth-order valence-electron chi connectivity index (χ4n) is 2.16. The number of aryl methyl sites for hydroxylation is 1. The Morgan fingerprint density at radius 1 is 1.30 bits per heavy atom. The number of para-hydroxylation sites is 1. The summed E-state index contributed by atoms with van der Waals surface area (Å²) in [4.78, 5) is 14.9. The van der Waals surface area contributed by atoms with Gasteiger partial charge in [-0.2, -0.15) is 0 Å². The number of non-ortho nitro benzene ring substituents is 1. The molecule has 0 saturated carbocycles. The zero-order valence-electron chi connectivity index (χ0n) is 12.9. The minimum Gasteiger partial charge on any atom is -0.383 e. The van der Waals surface area contributed by atoms with Crippen molar-refractivity contribution in [3.05, 3.63) is 40.1 Å². The van der Waals surface area contributed by atoms with Crippen molar-refractivity contribution in [2.75, 3.05) is 24.2 Å². The van der Waals surface area contributed by atoms with Gasteiger partial charge in [0.1, 0.15) is 0 Å². The Hall–Kier alpha value is -2.26. The lowest BCUT2D eigenvalue weighted by atomic mass is 10.1. The number of nitro groups is 1. The number of hydrogen-bond acceptors (Lipinski definition) is 6. The van der Waals surface area contributed by atoms with E-state index in [9.17, 15) is 18.5 Å². The highest BCUT2D eigenvalue weighted by Gasteiger charge is 2.15. The van der Waals surface area contributed by atoms with Gasteiger partial charge in [-0.1, -0.05) is 12.1 Å². The van der Waals surface area contributed by atoms with E-state index in [0.717, 1.165) is 0 Å². The quantitative estimate of drug-likeness (QED) is 0.452. The molecule has 0 fully saturated rings. The van der Waals surface area contributed by atoms with E-state index in [0.29, 0.717) is 28.8 Å². The summed E-state index contributed by atoms with van der Waals surface area (Å²) >= 11 is 0. The number of hydrogen-bond donors (Lipinski definition) is 2. The molecule has 0 aliphatic rings. The van der Waals surface area contributed by atoms with Gasteiger partial charge >= 0.3 is 0 Å². The SMILES string of the molecule is CCS(=O)(=O)NCCNc1cc(C)nc2c([N+](=O)[O-])cccc12. The lowest BCUT2D eigenvalue weighted by Gasteiger charge is -2.11. The van der Waals surface area contributed by atoms with Crippen LogP contribution in [0.15, 0.2) is 24.3 Å². The first-order chi connectivity index (χ1) is 10.8. The standard InChI is InChI=1S/C14H18N4O4S/c1-3-23(21,22)16-8-7-15-12-9-10(2)17-14-11(12)5-4-6-13(14)18(19)20/h4-6,9,16H,3,7-8H2,1-2H3,(H,15,17). The number of sulfonamides is 1. The Bertz CT molecular complexity index is 836. The first-order valence-corrected chi connectivity index (χ1v) is 8.75. The molecule has 9 heteroatoms. The van der Waals surface area contributed by atoms with Crippen LogP contribution in [0, 0.1) is 17.0 Å². The molecule has 0 unspecified atom stereocenters. The summed E-state index contributed by atoms with van der Waals surface area (Å²) in [5.41, 5.74) is 1.59. The average Bonchev–Trinajstić information content (AvgIpc) is 2.50. The van der Waals surface area contributed by atoms with Crippen LogP contribution in [0.2, 0.25) is 0 Å². The summed E-state index contributed by atoms with van der Waals surface area (Å²) in [6, 6.07) is 6.53. The number of benzene rings is 1. The average molecular weight is 338 g/mol. The van der Waals surface area contributed by atoms with E-state index in [1.165, 1.54) is 6.07 Å². The zero-order valence-corrected chi connectivity index (χ0v) is 13.7. The number of aromatic nitrogens is 1. The van der Waals surface area contributed by atoms with Crippen LogP contribution in [0.5, 0.6) is 0 Å². The number of fused-ring (bicyclic) bond motifs is 1. The summed E-state index contributed by atoms with van der Waals surface area (Å²) in [6.07, 6.45) is 0. The number of nitrogens with zero attached hydrogens (tertiary/aromatic N) is 2. The minimum atomic E-state index is -3.23. The van der Waals surface area contributed by atoms with Crippen LogP contribution >= 0.6 is 0 Å². The van der Waals surface area contributed by atoms with E-state index < -0.39 is 14.9 Å². The predicted octanol–water partition coefficient (Wildman–Crippen LogP) is 1.80. The molecule has 1 heterocycles. The van der Waals surface area contributed by atoms with Gasteiger partial charge in [-0.05, 0) is 19.9 Å². The first kappa shape index (κ1) is 17.1. The number of pyridine rings is 1. The van der Waals surface area contributed by atoms with Crippen LogP contribution in [-0.2, 0) is 10.0 Å². The van der Waals surface area contributed by atoms with Gasteiger partial charge < -0.3 is 5.32 Å². The highest BCUT2D eigenvalue weighted by atomic mass is 32.2. The number of nitrogens with one attached hydrogen (secondary N) is 2. The molecular formula is C14H18N4O4S. The Morgan fingerprint density at radius 3 is 2.70 bits per heavy atom. The van der Waals surface area contributed by atoms with Crippen molar-refractivity contribution in [2.45, 2.75) is 13.8 Å². The topological polar surface area (TPSA) is 114 Å². The fourth-order valence-corrected chi connectivity index (χ4v) is 2.78. The van der Waals surface area contributed by atoms with Crippen LogP contribution in [0.25, 0.3) is 10.9 Å². The van der Waals surface area contributed by atoms with E-state index in [2.05, 4.69) is 15.0 Å². The summed E-state index contributed by atoms with van der Waals surface area (Å²) in [5, 5.41) is 14.8. The van der Waals surface area contributed by atoms with Gasteiger partial charge in [-0.15, -0.1) is 0 Å². The second kappa shape index (κ2) is 6.88. The van der Waals surface area contributed by atoms with Crippen molar-refractivity contribution in [3.63, 3.8) is 0 Å². The maximum absolute atomic E-state index is 11.4. The Kier molecular flexibility index (Phi) is 5.12. The molecule has 2 aromatic rings. The van der Waals surface area contributed by atoms with Crippen LogP contribution < -0.4 is 10.0 Å². The van der Waals surface area contributed by atoms with E-state index in [1.54, 1.807) is 32.0 Å². The zero-order chi connectivity index (χ0) is 17.0. The molecule has 1 aromatic carbocycles. The van der Waals surface area contributed by atoms with Crippen LogP contribution in [-0.4, -0.2) is 37.2 Å². The maximum Gasteiger partial charge on any atom is 0.295 e. The van der Waals surface area contributed by atoms with Crippen LogP contribution in [0.4, 0.5) is 11.4 Å². The normalized spacial score (nSPS) is 11.6. The fraction of sp³-hybridized carbons (Fsp3) is 0.357. The molecular weight excluding hydrogens is 320 g/mol. The van der Waals surface area contributed by atoms with Crippen molar-refractivity contribution in [2.24, 2.45) is 0 Å². The molecule has 0 aliphatic heterocycles. The van der Waals surface area contributed by atoms with Gasteiger partial charge in [0.2, 0.25) is 10.0 Å². The van der Waals surface area contributed by atoms with E-state index in [1.807, 2.05) is 0 Å². The Balaban J connectivity index is 2.24. The van der Waals surface area contributed by atoms with Crippen molar-refractivity contribution in [3.8, 4) is 0 Å².